The Kier molecular flexibility index (Phi) is 3.32. The summed E-state index contributed by atoms with van der Waals surface area (Å²) in [6, 6.07) is 3.49. The summed E-state index contributed by atoms with van der Waals surface area (Å²) in [5.74, 6) is -2.18. The van der Waals surface area contributed by atoms with Crippen LogP contribution in [0.2, 0.25) is 0 Å². The van der Waals surface area contributed by atoms with Gasteiger partial charge in [-0.2, -0.15) is 0 Å². The number of hydrogen-bond acceptors (Lipinski definition) is 2. The molecule has 0 radical (unpaired) electrons. The number of carbonyl (C=O) groups is 2. The van der Waals surface area contributed by atoms with Gasteiger partial charge in [0.1, 0.15) is 11.9 Å². The summed E-state index contributed by atoms with van der Waals surface area (Å²) in [7, 11) is 0. The van der Waals surface area contributed by atoms with Gasteiger partial charge in [-0.15, -0.1) is 0 Å². The highest BCUT2D eigenvalue weighted by Gasteiger charge is 2.35. The van der Waals surface area contributed by atoms with Crippen LogP contribution in [0.3, 0.4) is 0 Å². The molecule has 1 N–H and O–H groups in total. The molecule has 1 aromatic rings. The summed E-state index contributed by atoms with van der Waals surface area (Å²) < 4.78 is 13.7. The summed E-state index contributed by atoms with van der Waals surface area (Å²) in [4.78, 5) is 24.3. The lowest BCUT2D eigenvalue weighted by molar-refractivity contribution is -0.141. The molecule has 1 heterocycles. The molecule has 0 saturated carbocycles. The SMILES string of the molecule is Cc1ccc(C(=O)N2CCC[C@@H]2C(=O)O)c(F)c1. The number of carboxylic acid groups (broad SMARTS) is 1. The predicted octanol–water partition coefficient (Wildman–Crippen LogP) is 1.82. The van der Waals surface area contributed by atoms with Crippen LogP contribution < -0.4 is 0 Å². The summed E-state index contributed by atoms with van der Waals surface area (Å²) in [6.45, 7) is 2.09. The largest absolute Gasteiger partial charge is 0.480 e. The topological polar surface area (TPSA) is 57.6 Å². The van der Waals surface area contributed by atoms with Crippen molar-refractivity contribution < 1.29 is 19.1 Å². The molecule has 1 aliphatic rings. The quantitative estimate of drug-likeness (QED) is 0.872. The Balaban J connectivity index is 2.28. The summed E-state index contributed by atoms with van der Waals surface area (Å²) >= 11 is 0. The van der Waals surface area contributed by atoms with Crippen LogP contribution in [-0.4, -0.2) is 34.5 Å². The first-order chi connectivity index (χ1) is 8.50. The maximum absolute atomic E-state index is 13.7. The second-order valence-corrected chi connectivity index (χ2v) is 4.48. The fourth-order valence-corrected chi connectivity index (χ4v) is 2.21. The van der Waals surface area contributed by atoms with E-state index in [0.29, 0.717) is 19.4 Å². The number of nitrogens with zero attached hydrogens (tertiary/aromatic N) is 1. The molecule has 0 bridgehead atoms. The molecule has 0 aromatic heterocycles. The normalized spacial score (nSPS) is 19.0. The molecule has 0 spiro atoms. The van der Waals surface area contributed by atoms with E-state index in [9.17, 15) is 14.0 Å². The minimum absolute atomic E-state index is 0.0613. The number of hydrogen-bond donors (Lipinski definition) is 1. The number of rotatable bonds is 2. The fraction of sp³-hybridized carbons (Fsp3) is 0.385. The first-order valence-corrected chi connectivity index (χ1v) is 5.80. The van der Waals surface area contributed by atoms with E-state index in [1.54, 1.807) is 13.0 Å². The van der Waals surface area contributed by atoms with E-state index >= 15 is 0 Å². The molecule has 5 heteroatoms. The van der Waals surface area contributed by atoms with Crippen molar-refractivity contribution in [1.29, 1.82) is 0 Å². The van der Waals surface area contributed by atoms with Crippen LogP contribution in [0.4, 0.5) is 4.39 Å². The molecule has 1 amide bonds. The smallest absolute Gasteiger partial charge is 0.326 e. The number of aryl methyl sites for hydroxylation is 1. The van der Waals surface area contributed by atoms with E-state index in [-0.39, 0.29) is 5.56 Å². The third kappa shape index (κ3) is 2.20. The Morgan fingerprint density at radius 3 is 2.78 bits per heavy atom. The minimum atomic E-state index is -1.03. The van der Waals surface area contributed by atoms with Gasteiger partial charge in [0.2, 0.25) is 0 Å². The van der Waals surface area contributed by atoms with Gasteiger partial charge in [0, 0.05) is 6.54 Å². The van der Waals surface area contributed by atoms with Crippen molar-refractivity contribution in [2.24, 2.45) is 0 Å². The standard InChI is InChI=1S/C13H14FNO3/c1-8-4-5-9(10(14)7-8)12(16)15-6-2-3-11(15)13(17)18/h4-5,7,11H,2-3,6H2,1H3,(H,17,18)/t11-/m1/s1. The Labute approximate surface area is 104 Å². The highest BCUT2D eigenvalue weighted by Crippen LogP contribution is 2.21. The molecule has 18 heavy (non-hydrogen) atoms. The Morgan fingerprint density at radius 1 is 1.44 bits per heavy atom. The molecule has 1 saturated heterocycles. The maximum atomic E-state index is 13.7. The van der Waals surface area contributed by atoms with E-state index in [4.69, 9.17) is 5.11 Å². The van der Waals surface area contributed by atoms with Gasteiger partial charge < -0.3 is 10.0 Å². The van der Waals surface area contributed by atoms with Crippen molar-refractivity contribution in [3.63, 3.8) is 0 Å². The van der Waals surface area contributed by atoms with Gasteiger partial charge in [-0.25, -0.2) is 9.18 Å². The monoisotopic (exact) mass is 251 g/mol. The van der Waals surface area contributed by atoms with Crippen molar-refractivity contribution >= 4 is 11.9 Å². The second-order valence-electron chi connectivity index (χ2n) is 4.48. The molecule has 2 rings (SSSR count). The predicted molar refractivity (Wildman–Crippen MR) is 62.8 cm³/mol. The van der Waals surface area contributed by atoms with Gasteiger partial charge in [0.15, 0.2) is 0 Å². The van der Waals surface area contributed by atoms with E-state index in [1.165, 1.54) is 17.0 Å². The number of likely N-dealkylation sites (tertiary alicyclic amines) is 1. The second kappa shape index (κ2) is 4.76. The Morgan fingerprint density at radius 2 is 2.17 bits per heavy atom. The number of aliphatic carboxylic acids is 1. The average Bonchev–Trinajstić information content (AvgIpc) is 2.77. The zero-order valence-electron chi connectivity index (χ0n) is 10.0. The lowest BCUT2D eigenvalue weighted by atomic mass is 10.1. The van der Waals surface area contributed by atoms with Crippen LogP contribution in [0.5, 0.6) is 0 Å². The van der Waals surface area contributed by atoms with Crippen LogP contribution in [0.15, 0.2) is 18.2 Å². The number of carboxylic acids is 1. The molecule has 96 valence electrons. The maximum Gasteiger partial charge on any atom is 0.326 e. The first-order valence-electron chi connectivity index (χ1n) is 5.80. The van der Waals surface area contributed by atoms with Gasteiger partial charge >= 0.3 is 5.97 Å². The molecule has 1 fully saturated rings. The Hall–Kier alpha value is -1.91. The lowest BCUT2D eigenvalue weighted by Crippen LogP contribution is -2.40. The van der Waals surface area contributed by atoms with E-state index in [1.807, 2.05) is 0 Å². The zero-order chi connectivity index (χ0) is 13.3. The van der Waals surface area contributed by atoms with Gasteiger partial charge in [0.05, 0.1) is 5.56 Å². The average molecular weight is 251 g/mol. The number of amides is 1. The first kappa shape index (κ1) is 12.5. The van der Waals surface area contributed by atoms with Gasteiger partial charge in [0.25, 0.3) is 5.91 Å². The van der Waals surface area contributed by atoms with Crippen LogP contribution in [0, 0.1) is 12.7 Å². The van der Waals surface area contributed by atoms with E-state index in [2.05, 4.69) is 0 Å². The summed E-state index contributed by atoms with van der Waals surface area (Å²) in [5, 5.41) is 9.01. The lowest BCUT2D eigenvalue weighted by Gasteiger charge is -2.21. The minimum Gasteiger partial charge on any atom is -0.480 e. The summed E-state index contributed by atoms with van der Waals surface area (Å²) in [6.07, 6.45) is 1.06. The molecule has 1 aromatic carbocycles. The van der Waals surface area contributed by atoms with Gasteiger partial charge in [-0.1, -0.05) is 6.07 Å². The van der Waals surface area contributed by atoms with Gasteiger partial charge in [-0.3, -0.25) is 4.79 Å². The zero-order valence-corrected chi connectivity index (χ0v) is 10.0. The van der Waals surface area contributed by atoms with E-state index < -0.39 is 23.7 Å². The number of carbonyl (C=O) groups excluding carboxylic acids is 1. The van der Waals surface area contributed by atoms with Gasteiger partial charge in [-0.05, 0) is 37.5 Å². The van der Waals surface area contributed by atoms with Crippen LogP contribution in [0.25, 0.3) is 0 Å². The van der Waals surface area contributed by atoms with Crippen molar-refractivity contribution in [3.05, 3.63) is 35.1 Å². The van der Waals surface area contributed by atoms with Crippen molar-refractivity contribution in [1.82, 2.24) is 4.90 Å². The molecule has 0 unspecified atom stereocenters. The molecule has 1 atom stereocenters. The molecule has 1 aliphatic heterocycles. The van der Waals surface area contributed by atoms with Crippen LogP contribution in [-0.2, 0) is 4.79 Å². The summed E-state index contributed by atoms with van der Waals surface area (Å²) in [5.41, 5.74) is 0.661. The Bertz CT molecular complexity index is 501. The molecule has 4 nitrogen and oxygen atoms in total. The highest BCUT2D eigenvalue weighted by molar-refractivity contribution is 5.97. The van der Waals surface area contributed by atoms with Crippen LogP contribution in [0.1, 0.15) is 28.8 Å². The van der Waals surface area contributed by atoms with E-state index in [0.717, 1.165) is 5.56 Å². The third-order valence-corrected chi connectivity index (χ3v) is 3.15. The number of benzene rings is 1. The van der Waals surface area contributed by atoms with Crippen LogP contribution >= 0.6 is 0 Å². The molecule has 0 aliphatic carbocycles. The molecular weight excluding hydrogens is 237 g/mol. The third-order valence-electron chi connectivity index (χ3n) is 3.15. The molecular formula is C13H14FNO3. The fourth-order valence-electron chi connectivity index (χ4n) is 2.21. The van der Waals surface area contributed by atoms with Crippen molar-refractivity contribution in [3.8, 4) is 0 Å². The number of halogens is 1. The van der Waals surface area contributed by atoms with Crippen molar-refractivity contribution in [2.45, 2.75) is 25.8 Å². The van der Waals surface area contributed by atoms with Crippen molar-refractivity contribution in [2.75, 3.05) is 6.54 Å². The highest BCUT2D eigenvalue weighted by atomic mass is 19.1.